The molecule has 2 fully saturated rings. The van der Waals surface area contributed by atoms with Crippen molar-refractivity contribution in [3.63, 3.8) is 0 Å². The van der Waals surface area contributed by atoms with Crippen molar-refractivity contribution >= 4 is 57.5 Å². The Balaban J connectivity index is 1.54. The van der Waals surface area contributed by atoms with Gasteiger partial charge in [-0.1, -0.05) is 30.9 Å². The van der Waals surface area contributed by atoms with Gasteiger partial charge in [0.1, 0.15) is 11.5 Å². The first-order valence-electron chi connectivity index (χ1n) is 11.8. The van der Waals surface area contributed by atoms with Crippen LogP contribution in [0.4, 0.5) is 17.2 Å². The monoisotopic (exact) mass is 495 g/mol. The Kier molecular flexibility index (Phi) is 6.34. The van der Waals surface area contributed by atoms with Crippen molar-refractivity contribution < 1.29 is 18.8 Å². The van der Waals surface area contributed by atoms with E-state index in [2.05, 4.69) is 10.3 Å². The number of rotatable bonds is 5. The average Bonchev–Trinajstić information content (AvgIpc) is 3.49. The number of nitrogens with zero attached hydrogens (tertiary/aromatic N) is 3. The predicted molar refractivity (Wildman–Crippen MR) is 133 cm³/mol. The van der Waals surface area contributed by atoms with Crippen molar-refractivity contribution in [1.29, 1.82) is 0 Å². The number of carbonyl (C=O) groups excluding carboxylic acids is 3. The number of amides is 3. The third-order valence-corrected chi connectivity index (χ3v) is 6.77. The molecule has 1 aromatic carbocycles. The van der Waals surface area contributed by atoms with Crippen LogP contribution < -0.4 is 16.1 Å². The normalized spacial score (nSPS) is 16.6. The minimum absolute atomic E-state index is 0.0291. The SMILES string of the molecule is Nc1ccc2cc(C(=O)Nc3ccc(Cl)cn3)oc2c1N(C(=O)C1CCCCC1)N1CCCC1=O. The van der Waals surface area contributed by atoms with Gasteiger partial charge in [-0.15, -0.1) is 0 Å². The molecule has 2 aromatic heterocycles. The Hall–Kier alpha value is -3.59. The standard InChI is InChI=1S/C25H26ClN5O4/c26-17-9-11-20(28-14-17)29-24(33)19-13-16-8-10-18(27)22(23(16)35-19)31(30-12-4-7-21(30)32)25(34)15-5-2-1-3-6-15/h8-11,13-15H,1-7,12,27H2,(H,28,29,33). The van der Waals surface area contributed by atoms with E-state index in [0.29, 0.717) is 47.0 Å². The first kappa shape index (κ1) is 23.2. The van der Waals surface area contributed by atoms with Gasteiger partial charge in [-0.05, 0) is 49.6 Å². The summed E-state index contributed by atoms with van der Waals surface area (Å²) in [5.41, 5.74) is 7.25. The number of nitrogen functional groups attached to an aromatic ring is 1. The number of fused-ring (bicyclic) bond motifs is 1. The third kappa shape index (κ3) is 4.55. The molecule has 0 atom stereocenters. The number of hydrazine groups is 1. The van der Waals surface area contributed by atoms with Crippen molar-refractivity contribution in [3.8, 4) is 0 Å². The molecule has 35 heavy (non-hydrogen) atoms. The number of hydrogen-bond acceptors (Lipinski definition) is 6. The van der Waals surface area contributed by atoms with E-state index in [4.69, 9.17) is 21.8 Å². The minimum Gasteiger partial charge on any atom is -0.449 e. The Morgan fingerprint density at radius 2 is 1.94 bits per heavy atom. The molecule has 5 rings (SSSR count). The maximum absolute atomic E-state index is 13.8. The van der Waals surface area contributed by atoms with Gasteiger partial charge in [0, 0.05) is 30.5 Å². The topological polar surface area (TPSA) is 122 Å². The van der Waals surface area contributed by atoms with Crippen LogP contribution in [-0.4, -0.2) is 34.3 Å². The van der Waals surface area contributed by atoms with Gasteiger partial charge in [-0.2, -0.15) is 0 Å². The van der Waals surface area contributed by atoms with Gasteiger partial charge in [-0.25, -0.2) is 15.0 Å². The quantitative estimate of drug-likeness (QED) is 0.492. The fourth-order valence-electron chi connectivity index (χ4n) is 4.78. The largest absolute Gasteiger partial charge is 0.449 e. The van der Waals surface area contributed by atoms with E-state index in [1.807, 2.05) is 0 Å². The second-order valence-corrected chi connectivity index (χ2v) is 9.39. The molecular weight excluding hydrogens is 470 g/mol. The van der Waals surface area contributed by atoms with E-state index in [1.165, 1.54) is 16.2 Å². The molecule has 10 heteroatoms. The van der Waals surface area contributed by atoms with Crippen LogP contribution in [0.15, 0.2) is 40.9 Å². The van der Waals surface area contributed by atoms with E-state index in [9.17, 15) is 14.4 Å². The van der Waals surface area contributed by atoms with Crippen molar-refractivity contribution in [2.45, 2.75) is 44.9 Å². The summed E-state index contributed by atoms with van der Waals surface area (Å²) in [5.74, 6) is -0.656. The van der Waals surface area contributed by atoms with Gasteiger partial charge in [0.05, 0.1) is 10.7 Å². The number of furan rings is 1. The summed E-state index contributed by atoms with van der Waals surface area (Å²) in [6, 6.07) is 8.17. The van der Waals surface area contributed by atoms with Crippen LogP contribution >= 0.6 is 11.6 Å². The van der Waals surface area contributed by atoms with Gasteiger partial charge >= 0.3 is 0 Å². The number of nitrogens with two attached hydrogens (primary N) is 1. The molecule has 3 aromatic rings. The number of anilines is 3. The van der Waals surface area contributed by atoms with Crippen molar-refractivity contribution in [1.82, 2.24) is 9.99 Å². The molecular formula is C25H26ClN5O4. The maximum atomic E-state index is 13.8. The first-order chi connectivity index (χ1) is 16.9. The number of nitrogens with one attached hydrogen (secondary N) is 1. The molecule has 0 bridgehead atoms. The second-order valence-electron chi connectivity index (χ2n) is 8.95. The zero-order valence-electron chi connectivity index (χ0n) is 19.1. The number of pyridine rings is 1. The Morgan fingerprint density at radius 1 is 1.14 bits per heavy atom. The summed E-state index contributed by atoms with van der Waals surface area (Å²) < 4.78 is 5.97. The van der Waals surface area contributed by atoms with Crippen LogP contribution in [0.1, 0.15) is 55.5 Å². The highest BCUT2D eigenvalue weighted by atomic mass is 35.5. The van der Waals surface area contributed by atoms with Crippen LogP contribution in [0, 0.1) is 5.92 Å². The van der Waals surface area contributed by atoms with Crippen LogP contribution in [0.25, 0.3) is 11.0 Å². The summed E-state index contributed by atoms with van der Waals surface area (Å²) in [6.07, 6.45) is 7.04. The second kappa shape index (κ2) is 9.58. The van der Waals surface area contributed by atoms with Gasteiger partial charge < -0.3 is 15.5 Å². The number of halogens is 1. The lowest BCUT2D eigenvalue weighted by Crippen LogP contribution is -2.50. The Bertz CT molecular complexity index is 1280. The predicted octanol–water partition coefficient (Wildman–Crippen LogP) is 4.77. The Labute approximate surface area is 207 Å². The van der Waals surface area contributed by atoms with E-state index in [1.54, 1.807) is 30.3 Å². The van der Waals surface area contributed by atoms with E-state index >= 15 is 0 Å². The smallest absolute Gasteiger partial charge is 0.292 e. The van der Waals surface area contributed by atoms with Crippen LogP contribution in [0.2, 0.25) is 5.02 Å². The maximum Gasteiger partial charge on any atom is 0.292 e. The van der Waals surface area contributed by atoms with E-state index < -0.39 is 5.91 Å². The third-order valence-electron chi connectivity index (χ3n) is 6.55. The molecule has 2 aliphatic rings. The van der Waals surface area contributed by atoms with Crippen LogP contribution in [0.5, 0.6) is 0 Å². The zero-order valence-corrected chi connectivity index (χ0v) is 19.9. The van der Waals surface area contributed by atoms with Crippen molar-refractivity contribution in [2.24, 2.45) is 5.92 Å². The lowest BCUT2D eigenvalue weighted by molar-refractivity contribution is -0.135. The number of aromatic nitrogens is 1. The highest BCUT2D eigenvalue weighted by Crippen LogP contribution is 2.39. The Morgan fingerprint density at radius 3 is 2.63 bits per heavy atom. The highest BCUT2D eigenvalue weighted by Gasteiger charge is 2.38. The molecule has 0 radical (unpaired) electrons. The fraction of sp³-hybridized carbons (Fsp3) is 0.360. The molecule has 0 spiro atoms. The molecule has 1 saturated heterocycles. The number of benzene rings is 1. The average molecular weight is 496 g/mol. The molecule has 3 N–H and O–H groups in total. The molecule has 182 valence electrons. The fourth-order valence-corrected chi connectivity index (χ4v) is 4.89. The van der Waals surface area contributed by atoms with E-state index in [-0.39, 0.29) is 29.1 Å². The molecule has 1 saturated carbocycles. The molecule has 3 amide bonds. The molecule has 1 aliphatic carbocycles. The number of carbonyl (C=O) groups is 3. The molecule has 1 aliphatic heterocycles. The molecule has 0 unspecified atom stereocenters. The molecule has 9 nitrogen and oxygen atoms in total. The summed E-state index contributed by atoms with van der Waals surface area (Å²) in [4.78, 5) is 43.5. The first-order valence-corrected chi connectivity index (χ1v) is 12.2. The van der Waals surface area contributed by atoms with Gasteiger partial charge in [-0.3, -0.25) is 14.4 Å². The van der Waals surface area contributed by atoms with Crippen molar-refractivity contribution in [2.75, 3.05) is 22.6 Å². The number of hydrogen-bond donors (Lipinski definition) is 2. The lowest BCUT2D eigenvalue weighted by Gasteiger charge is -2.35. The van der Waals surface area contributed by atoms with E-state index in [0.717, 1.165) is 32.1 Å². The van der Waals surface area contributed by atoms with Gasteiger partial charge in [0.25, 0.3) is 5.91 Å². The van der Waals surface area contributed by atoms with Crippen LogP contribution in [0.3, 0.4) is 0 Å². The summed E-state index contributed by atoms with van der Waals surface area (Å²) >= 11 is 5.86. The van der Waals surface area contributed by atoms with Crippen LogP contribution in [-0.2, 0) is 9.59 Å². The van der Waals surface area contributed by atoms with Gasteiger partial charge in [0.2, 0.25) is 11.8 Å². The minimum atomic E-state index is -0.511. The van der Waals surface area contributed by atoms with Gasteiger partial charge in [0.15, 0.2) is 11.3 Å². The zero-order chi connectivity index (χ0) is 24.5. The molecule has 3 heterocycles. The summed E-state index contributed by atoms with van der Waals surface area (Å²) in [7, 11) is 0. The summed E-state index contributed by atoms with van der Waals surface area (Å²) in [5, 5.41) is 6.60. The van der Waals surface area contributed by atoms with Crippen molar-refractivity contribution in [3.05, 3.63) is 47.3 Å². The highest BCUT2D eigenvalue weighted by molar-refractivity contribution is 6.30. The summed E-state index contributed by atoms with van der Waals surface area (Å²) in [6.45, 7) is 0.420. The lowest BCUT2D eigenvalue weighted by atomic mass is 9.88.